The highest BCUT2D eigenvalue weighted by atomic mass is 16.2. The topological polar surface area (TPSA) is 73.5 Å². The fraction of sp³-hybridized carbons (Fsp3) is 0.467. The Labute approximate surface area is 124 Å². The Morgan fingerprint density at radius 3 is 2.71 bits per heavy atom. The van der Waals surface area contributed by atoms with Gasteiger partial charge in [0.15, 0.2) is 0 Å². The zero-order valence-corrected chi connectivity index (χ0v) is 12.4. The van der Waals surface area contributed by atoms with Gasteiger partial charge in [-0.1, -0.05) is 18.2 Å². The van der Waals surface area contributed by atoms with E-state index in [0.29, 0.717) is 12.2 Å². The number of rotatable bonds is 3. The monoisotopic (exact) mass is 290 g/mol. The molecule has 114 valence electrons. The van der Waals surface area contributed by atoms with Crippen molar-refractivity contribution >= 4 is 17.6 Å². The molecule has 2 unspecified atom stereocenters. The smallest absolute Gasteiger partial charge is 0.319 e. The Bertz CT molecular complexity index is 492. The van der Waals surface area contributed by atoms with E-state index in [0.717, 1.165) is 13.1 Å². The normalized spacial score (nSPS) is 19.7. The molecule has 21 heavy (non-hydrogen) atoms. The fourth-order valence-electron chi connectivity index (χ4n) is 2.36. The molecule has 0 spiro atoms. The van der Waals surface area contributed by atoms with Gasteiger partial charge in [0.2, 0.25) is 5.91 Å². The lowest BCUT2D eigenvalue weighted by atomic mass is 10.2. The molecule has 1 aliphatic heterocycles. The molecule has 1 saturated heterocycles. The molecule has 0 radical (unpaired) electrons. The van der Waals surface area contributed by atoms with Crippen LogP contribution in [-0.2, 0) is 4.79 Å². The minimum atomic E-state index is -0.547. The number of nitrogens with zero attached hydrogens (tertiary/aromatic N) is 1. The van der Waals surface area contributed by atoms with Crippen LogP contribution in [0.3, 0.4) is 0 Å². The van der Waals surface area contributed by atoms with Crippen LogP contribution in [0.2, 0.25) is 0 Å². The van der Waals surface area contributed by atoms with E-state index in [1.54, 1.807) is 19.1 Å². The molecular formula is C15H22N4O2. The van der Waals surface area contributed by atoms with Gasteiger partial charge in [-0.15, -0.1) is 0 Å². The van der Waals surface area contributed by atoms with Gasteiger partial charge in [-0.25, -0.2) is 4.79 Å². The molecule has 3 amide bonds. The zero-order valence-electron chi connectivity index (χ0n) is 12.4. The molecule has 0 aliphatic carbocycles. The number of urea groups is 1. The molecular weight excluding hydrogens is 268 g/mol. The van der Waals surface area contributed by atoms with E-state index in [9.17, 15) is 9.59 Å². The van der Waals surface area contributed by atoms with E-state index in [1.807, 2.05) is 30.0 Å². The van der Waals surface area contributed by atoms with E-state index in [-0.39, 0.29) is 18.0 Å². The predicted octanol–water partition coefficient (Wildman–Crippen LogP) is 1.02. The SMILES string of the molecule is CC(NC(=O)Nc1ccccc1)C(=O)N1CCNCC1C. The third-order valence-electron chi connectivity index (χ3n) is 3.53. The van der Waals surface area contributed by atoms with Gasteiger partial charge in [-0.05, 0) is 26.0 Å². The van der Waals surface area contributed by atoms with Crippen LogP contribution in [-0.4, -0.2) is 48.6 Å². The minimum Gasteiger partial charge on any atom is -0.336 e. The van der Waals surface area contributed by atoms with Gasteiger partial charge >= 0.3 is 6.03 Å². The number of carbonyl (C=O) groups excluding carboxylic acids is 2. The van der Waals surface area contributed by atoms with Gasteiger partial charge in [0.05, 0.1) is 0 Å². The van der Waals surface area contributed by atoms with Crippen molar-refractivity contribution in [3.8, 4) is 0 Å². The summed E-state index contributed by atoms with van der Waals surface area (Å²) in [7, 11) is 0. The largest absolute Gasteiger partial charge is 0.336 e. The first kappa shape index (κ1) is 15.3. The summed E-state index contributed by atoms with van der Waals surface area (Å²) < 4.78 is 0. The number of anilines is 1. The molecule has 1 fully saturated rings. The van der Waals surface area contributed by atoms with Crippen LogP contribution in [0.4, 0.5) is 10.5 Å². The predicted molar refractivity (Wildman–Crippen MR) is 82.1 cm³/mol. The van der Waals surface area contributed by atoms with Crippen molar-refractivity contribution in [2.75, 3.05) is 25.0 Å². The van der Waals surface area contributed by atoms with E-state index in [2.05, 4.69) is 16.0 Å². The van der Waals surface area contributed by atoms with Crippen LogP contribution in [0.5, 0.6) is 0 Å². The Balaban J connectivity index is 1.86. The van der Waals surface area contributed by atoms with Crippen LogP contribution in [0.25, 0.3) is 0 Å². The van der Waals surface area contributed by atoms with Crippen molar-refractivity contribution in [1.82, 2.24) is 15.5 Å². The summed E-state index contributed by atoms with van der Waals surface area (Å²) >= 11 is 0. The average Bonchev–Trinajstić information content (AvgIpc) is 2.48. The van der Waals surface area contributed by atoms with E-state index >= 15 is 0 Å². The highest BCUT2D eigenvalue weighted by Gasteiger charge is 2.27. The summed E-state index contributed by atoms with van der Waals surface area (Å²) in [6, 6.07) is 8.38. The summed E-state index contributed by atoms with van der Waals surface area (Å²) in [6.45, 7) is 5.96. The fourth-order valence-corrected chi connectivity index (χ4v) is 2.36. The van der Waals surface area contributed by atoms with E-state index < -0.39 is 6.04 Å². The summed E-state index contributed by atoms with van der Waals surface area (Å²) in [5, 5.41) is 8.63. The molecule has 6 heteroatoms. The molecule has 0 saturated carbocycles. The van der Waals surface area contributed by atoms with E-state index in [4.69, 9.17) is 0 Å². The Hall–Kier alpha value is -2.08. The van der Waals surface area contributed by atoms with Crippen molar-refractivity contribution in [1.29, 1.82) is 0 Å². The second-order valence-electron chi connectivity index (χ2n) is 5.27. The minimum absolute atomic E-state index is 0.0489. The first-order chi connectivity index (χ1) is 10.1. The summed E-state index contributed by atoms with van der Waals surface area (Å²) in [5.41, 5.74) is 0.699. The maximum Gasteiger partial charge on any atom is 0.319 e. The van der Waals surface area contributed by atoms with Gasteiger partial charge in [-0.2, -0.15) is 0 Å². The van der Waals surface area contributed by atoms with Crippen molar-refractivity contribution in [3.63, 3.8) is 0 Å². The Kier molecular flexibility index (Phi) is 5.16. The number of amides is 3. The van der Waals surface area contributed by atoms with E-state index in [1.165, 1.54) is 0 Å². The summed E-state index contributed by atoms with van der Waals surface area (Å²) in [6.07, 6.45) is 0. The lowest BCUT2D eigenvalue weighted by molar-refractivity contribution is -0.135. The summed E-state index contributed by atoms with van der Waals surface area (Å²) in [5.74, 6) is -0.0489. The molecule has 6 nitrogen and oxygen atoms in total. The standard InChI is InChI=1S/C15H22N4O2/c1-11-10-16-8-9-19(11)14(20)12(2)17-15(21)18-13-6-4-3-5-7-13/h3-7,11-12,16H,8-10H2,1-2H3,(H2,17,18,21). The number of nitrogens with one attached hydrogen (secondary N) is 3. The highest BCUT2D eigenvalue weighted by molar-refractivity contribution is 5.93. The first-order valence-electron chi connectivity index (χ1n) is 7.21. The lowest BCUT2D eigenvalue weighted by Gasteiger charge is -2.35. The molecule has 1 aliphatic rings. The van der Waals surface area contributed by atoms with Crippen LogP contribution < -0.4 is 16.0 Å². The number of hydrogen-bond acceptors (Lipinski definition) is 3. The number of para-hydroxylation sites is 1. The number of benzene rings is 1. The molecule has 3 N–H and O–H groups in total. The van der Waals surface area contributed by atoms with Gasteiger partial charge in [0.25, 0.3) is 0 Å². The Morgan fingerprint density at radius 2 is 2.05 bits per heavy atom. The number of carbonyl (C=O) groups is 2. The maximum atomic E-state index is 12.4. The molecule has 1 heterocycles. The van der Waals surface area contributed by atoms with Gasteiger partial charge in [-0.3, -0.25) is 4.79 Å². The third kappa shape index (κ3) is 4.19. The van der Waals surface area contributed by atoms with Crippen molar-refractivity contribution in [2.45, 2.75) is 25.9 Å². The molecule has 0 aromatic heterocycles. The zero-order chi connectivity index (χ0) is 15.2. The molecule has 1 aromatic rings. The van der Waals surface area contributed by atoms with Gasteiger partial charge < -0.3 is 20.9 Å². The van der Waals surface area contributed by atoms with Crippen LogP contribution in [0.15, 0.2) is 30.3 Å². The molecule has 2 rings (SSSR count). The highest BCUT2D eigenvalue weighted by Crippen LogP contribution is 2.07. The lowest BCUT2D eigenvalue weighted by Crippen LogP contribution is -2.57. The quantitative estimate of drug-likeness (QED) is 0.778. The average molecular weight is 290 g/mol. The third-order valence-corrected chi connectivity index (χ3v) is 3.53. The van der Waals surface area contributed by atoms with Crippen molar-refractivity contribution in [3.05, 3.63) is 30.3 Å². The van der Waals surface area contributed by atoms with Crippen molar-refractivity contribution in [2.24, 2.45) is 0 Å². The van der Waals surface area contributed by atoms with Crippen LogP contribution in [0.1, 0.15) is 13.8 Å². The molecule has 1 aromatic carbocycles. The van der Waals surface area contributed by atoms with Gasteiger partial charge in [0.1, 0.15) is 6.04 Å². The van der Waals surface area contributed by atoms with Crippen molar-refractivity contribution < 1.29 is 9.59 Å². The van der Waals surface area contributed by atoms with Gasteiger partial charge in [0, 0.05) is 31.4 Å². The van der Waals surface area contributed by atoms with Crippen LogP contribution >= 0.6 is 0 Å². The first-order valence-corrected chi connectivity index (χ1v) is 7.21. The number of piperazine rings is 1. The molecule has 2 atom stereocenters. The second kappa shape index (κ2) is 7.08. The second-order valence-corrected chi connectivity index (χ2v) is 5.27. The van der Waals surface area contributed by atoms with Crippen LogP contribution in [0, 0.1) is 0 Å². The Morgan fingerprint density at radius 1 is 1.33 bits per heavy atom. The molecule has 0 bridgehead atoms. The maximum absolute atomic E-state index is 12.4. The summed E-state index contributed by atoms with van der Waals surface area (Å²) in [4.78, 5) is 26.0. The number of hydrogen-bond donors (Lipinski definition) is 3.